The zero-order valence-electron chi connectivity index (χ0n) is 35.6. The van der Waals surface area contributed by atoms with Gasteiger partial charge in [0.1, 0.15) is 0 Å². The predicted octanol–water partition coefficient (Wildman–Crippen LogP) is 17.4. The van der Waals surface area contributed by atoms with E-state index in [0.717, 1.165) is 24.1 Å². The molecule has 0 saturated carbocycles. The molecule has 0 atom stereocenters. The lowest BCUT2D eigenvalue weighted by Crippen LogP contribution is -2.12. The predicted molar refractivity (Wildman–Crippen MR) is 232 cm³/mol. The molecule has 1 aromatic rings. The van der Waals surface area contributed by atoms with Crippen molar-refractivity contribution in [2.24, 2.45) is 0 Å². The molecule has 0 aliphatic carbocycles. The Balaban J connectivity index is 1.84. The molecule has 1 amide bonds. The fourth-order valence-corrected chi connectivity index (χ4v) is 7.87. The molecule has 2 nitrogen and oxygen atoms in total. The maximum atomic E-state index is 12.7. The number of amides is 1. The highest BCUT2D eigenvalue weighted by atomic mass is 16.1. The molecule has 1 N–H and O–H groups in total. The van der Waals surface area contributed by atoms with Gasteiger partial charge in [-0.1, -0.05) is 264 Å². The smallest absolute Gasteiger partial charge is 0.224 e. The lowest BCUT2D eigenvalue weighted by atomic mass is 10.0. The van der Waals surface area contributed by atoms with Crippen LogP contribution < -0.4 is 5.32 Å². The second-order valence-electron chi connectivity index (χ2n) is 16.6. The molecule has 0 bridgehead atoms. The summed E-state index contributed by atoms with van der Waals surface area (Å²) in [5.74, 6) is 0.163. The number of nitrogens with one attached hydrogen (secondary N) is 1. The molecule has 1 aromatic carbocycles. The van der Waals surface area contributed by atoms with Gasteiger partial charge in [-0.2, -0.15) is 0 Å². The standard InChI is InChI=1S/C50H91NO/c1-3-5-7-9-11-13-15-17-18-19-20-21-22-23-24-25-26-27-28-29-31-33-35-37-39-41-47-50(52)51-49-46-43-42-45-48(49)44-40-38-36-34-32-30-16-14-12-10-8-6-4-2/h43,46H,3-41,44,47H2,1-2H3,(H,51,52). The van der Waals surface area contributed by atoms with Crippen LogP contribution >= 0.6 is 0 Å². The van der Waals surface area contributed by atoms with Gasteiger partial charge < -0.3 is 5.32 Å². The van der Waals surface area contributed by atoms with Crippen molar-refractivity contribution in [3.63, 3.8) is 0 Å². The number of anilines is 1. The summed E-state index contributed by atoms with van der Waals surface area (Å²) in [6, 6.07) is 10.3. The minimum absolute atomic E-state index is 0.163. The first-order valence-corrected chi connectivity index (χ1v) is 24.0. The van der Waals surface area contributed by atoms with Gasteiger partial charge in [0, 0.05) is 12.0 Å². The van der Waals surface area contributed by atoms with Gasteiger partial charge in [-0.15, -0.1) is 0 Å². The number of hydrogen-bond acceptors (Lipinski definition) is 1. The SMILES string of the molecule is CCCCCCCCCCCCCCCCCCCCCCCCCCCCC(=O)Nc1ccc#cc1CCCCCCCCCCCCCCC. The van der Waals surface area contributed by atoms with Gasteiger partial charge in [0.15, 0.2) is 0 Å². The Morgan fingerprint density at radius 3 is 1.04 bits per heavy atom. The third-order valence-corrected chi connectivity index (χ3v) is 11.4. The highest BCUT2D eigenvalue weighted by Crippen LogP contribution is 2.19. The Hall–Kier alpha value is -1.49. The molecule has 0 aliphatic heterocycles. The van der Waals surface area contributed by atoms with Crippen molar-refractivity contribution in [1.82, 2.24) is 0 Å². The molecule has 52 heavy (non-hydrogen) atoms. The van der Waals surface area contributed by atoms with E-state index in [-0.39, 0.29) is 5.91 Å². The fraction of sp³-hybridized carbons (Fsp3) is 0.860. The first-order chi connectivity index (χ1) is 25.8. The van der Waals surface area contributed by atoms with Crippen molar-refractivity contribution in [2.75, 3.05) is 5.32 Å². The molecule has 0 radical (unpaired) electrons. The molecule has 1 rings (SSSR count). The Morgan fingerprint density at radius 1 is 0.423 bits per heavy atom. The largest absolute Gasteiger partial charge is 0.325 e. The van der Waals surface area contributed by atoms with Crippen LogP contribution in [-0.2, 0) is 11.2 Å². The summed E-state index contributed by atoms with van der Waals surface area (Å²) in [6.07, 6.45) is 56.0. The molecule has 0 saturated heterocycles. The van der Waals surface area contributed by atoms with Crippen molar-refractivity contribution in [3.05, 3.63) is 29.8 Å². The lowest BCUT2D eigenvalue weighted by Gasteiger charge is -2.09. The van der Waals surface area contributed by atoms with Gasteiger partial charge in [0.2, 0.25) is 5.91 Å². The average molecular weight is 722 g/mol. The highest BCUT2D eigenvalue weighted by Gasteiger charge is 2.07. The van der Waals surface area contributed by atoms with Crippen LogP contribution in [0.4, 0.5) is 5.69 Å². The summed E-state index contributed by atoms with van der Waals surface area (Å²) < 4.78 is 0. The maximum Gasteiger partial charge on any atom is 0.224 e. The van der Waals surface area contributed by atoms with E-state index in [9.17, 15) is 4.79 Å². The Bertz CT molecular complexity index is 848. The highest BCUT2D eigenvalue weighted by molar-refractivity contribution is 5.91. The van der Waals surface area contributed by atoms with Crippen molar-refractivity contribution in [3.8, 4) is 0 Å². The molecular weight excluding hydrogens is 631 g/mol. The summed E-state index contributed by atoms with van der Waals surface area (Å²) in [5, 5.41) is 3.19. The molecule has 2 heteroatoms. The van der Waals surface area contributed by atoms with Crippen LogP contribution in [0.5, 0.6) is 0 Å². The summed E-state index contributed by atoms with van der Waals surface area (Å²) in [7, 11) is 0. The van der Waals surface area contributed by atoms with Crippen LogP contribution in [0.15, 0.2) is 12.1 Å². The van der Waals surface area contributed by atoms with Crippen molar-refractivity contribution >= 4 is 11.6 Å². The van der Waals surface area contributed by atoms with Crippen molar-refractivity contribution in [2.45, 2.75) is 277 Å². The molecule has 0 aliphatic rings. The molecular formula is C50H91NO. The number of rotatable bonds is 42. The number of carbonyl (C=O) groups is 1. The van der Waals surface area contributed by atoms with E-state index in [0.29, 0.717) is 6.42 Å². The number of hydrogen-bond donors (Lipinski definition) is 1. The van der Waals surface area contributed by atoms with Gasteiger partial charge in [0.05, 0.1) is 5.69 Å². The van der Waals surface area contributed by atoms with Crippen LogP contribution in [0.3, 0.4) is 0 Å². The number of carbonyl (C=O) groups excluding carboxylic acids is 1. The van der Waals surface area contributed by atoms with Crippen LogP contribution in [-0.4, -0.2) is 5.91 Å². The van der Waals surface area contributed by atoms with Crippen molar-refractivity contribution < 1.29 is 4.79 Å². The maximum absolute atomic E-state index is 12.7. The molecule has 0 heterocycles. The first-order valence-electron chi connectivity index (χ1n) is 24.0. The Labute approximate surface area is 327 Å². The van der Waals surface area contributed by atoms with E-state index in [1.165, 1.54) is 244 Å². The third-order valence-electron chi connectivity index (χ3n) is 11.4. The van der Waals surface area contributed by atoms with Gasteiger partial charge >= 0.3 is 0 Å². The Morgan fingerprint density at radius 2 is 0.712 bits per heavy atom. The van der Waals surface area contributed by atoms with Crippen LogP contribution in [0.2, 0.25) is 0 Å². The van der Waals surface area contributed by atoms with E-state index >= 15 is 0 Å². The van der Waals surface area contributed by atoms with Gasteiger partial charge in [-0.05, 0) is 31.4 Å². The zero-order valence-corrected chi connectivity index (χ0v) is 35.6. The number of unbranched alkanes of at least 4 members (excludes halogenated alkanes) is 37. The minimum atomic E-state index is 0.163. The van der Waals surface area contributed by atoms with E-state index < -0.39 is 0 Å². The van der Waals surface area contributed by atoms with E-state index in [1.807, 2.05) is 12.1 Å². The molecule has 302 valence electrons. The second kappa shape index (κ2) is 40.7. The van der Waals surface area contributed by atoms with E-state index in [2.05, 4.69) is 31.3 Å². The molecule has 0 fully saturated rings. The van der Waals surface area contributed by atoms with Gasteiger partial charge in [-0.3, -0.25) is 4.79 Å². The van der Waals surface area contributed by atoms with Crippen LogP contribution in [0.25, 0.3) is 0 Å². The van der Waals surface area contributed by atoms with E-state index in [4.69, 9.17) is 0 Å². The summed E-state index contributed by atoms with van der Waals surface area (Å²) >= 11 is 0. The van der Waals surface area contributed by atoms with Gasteiger partial charge in [0.25, 0.3) is 0 Å². The molecule has 0 spiro atoms. The fourth-order valence-electron chi connectivity index (χ4n) is 7.87. The lowest BCUT2D eigenvalue weighted by molar-refractivity contribution is -0.116. The van der Waals surface area contributed by atoms with E-state index in [1.54, 1.807) is 0 Å². The molecule has 0 aromatic heterocycles. The second-order valence-corrected chi connectivity index (χ2v) is 16.6. The normalized spacial score (nSPS) is 11.3. The summed E-state index contributed by atoms with van der Waals surface area (Å²) in [6.45, 7) is 4.59. The quantitative estimate of drug-likeness (QED) is 0.0669. The minimum Gasteiger partial charge on any atom is -0.325 e. The first kappa shape index (κ1) is 48.5. The topological polar surface area (TPSA) is 29.1 Å². The average Bonchev–Trinajstić information content (AvgIpc) is 3.15. The molecule has 0 unspecified atom stereocenters. The van der Waals surface area contributed by atoms with Gasteiger partial charge in [-0.25, -0.2) is 0 Å². The monoisotopic (exact) mass is 722 g/mol. The third kappa shape index (κ3) is 34.3. The summed E-state index contributed by atoms with van der Waals surface area (Å²) in [4.78, 5) is 12.7. The van der Waals surface area contributed by atoms with Crippen LogP contribution in [0.1, 0.15) is 276 Å². The zero-order chi connectivity index (χ0) is 37.3. The Kier molecular flexibility index (Phi) is 38.0. The van der Waals surface area contributed by atoms with Crippen molar-refractivity contribution in [1.29, 1.82) is 0 Å². The summed E-state index contributed by atoms with van der Waals surface area (Å²) in [5.41, 5.74) is 2.08. The van der Waals surface area contributed by atoms with Crippen LogP contribution in [0, 0.1) is 12.1 Å².